The van der Waals surface area contributed by atoms with Crippen LogP contribution in [0.2, 0.25) is 0 Å². The van der Waals surface area contributed by atoms with Crippen LogP contribution in [-0.4, -0.2) is 75.8 Å². The number of hydrogen-bond acceptors (Lipinski definition) is 4. The van der Waals surface area contributed by atoms with Gasteiger partial charge in [0.25, 0.3) is 10.1 Å². The first-order valence-electron chi connectivity index (χ1n) is 11.3. The van der Waals surface area contributed by atoms with Gasteiger partial charge in [0.1, 0.15) is 6.54 Å². The van der Waals surface area contributed by atoms with Crippen molar-refractivity contribution in [3.63, 3.8) is 0 Å². The first-order chi connectivity index (χ1) is 13.4. The molecule has 0 aliphatic rings. The highest BCUT2D eigenvalue weighted by Crippen LogP contribution is 2.15. The zero-order valence-electron chi connectivity index (χ0n) is 18.7. The van der Waals surface area contributed by atoms with Crippen molar-refractivity contribution in [2.75, 3.05) is 58.4 Å². The molecule has 28 heavy (non-hydrogen) atoms. The third-order valence-electron chi connectivity index (χ3n) is 5.23. The monoisotopic (exact) mass is 424 g/mol. The maximum Gasteiger partial charge on any atom is 0.265 e. The topological polar surface area (TPSA) is 72.8 Å². The summed E-state index contributed by atoms with van der Waals surface area (Å²) in [5.41, 5.74) is 0. The van der Waals surface area contributed by atoms with Crippen LogP contribution >= 0.6 is 0 Å². The van der Waals surface area contributed by atoms with Crippen LogP contribution in [0, 0.1) is 0 Å². The summed E-state index contributed by atoms with van der Waals surface area (Å²) in [4.78, 5) is 0. The molecule has 0 radical (unpaired) electrons. The molecule has 6 nitrogen and oxygen atoms in total. The zero-order chi connectivity index (χ0) is 21.1. The normalized spacial score (nSPS) is 12.6. The van der Waals surface area contributed by atoms with E-state index in [1.807, 2.05) is 0 Å². The van der Waals surface area contributed by atoms with Crippen molar-refractivity contribution >= 4 is 10.1 Å². The molecule has 7 heteroatoms. The van der Waals surface area contributed by atoms with Crippen LogP contribution in [-0.2, 0) is 19.6 Å². The van der Waals surface area contributed by atoms with E-state index in [4.69, 9.17) is 14.0 Å². The van der Waals surface area contributed by atoms with Crippen molar-refractivity contribution in [2.24, 2.45) is 0 Å². The minimum absolute atomic E-state index is 0.152. The van der Waals surface area contributed by atoms with Crippen molar-refractivity contribution < 1.29 is 26.9 Å². The average Bonchev–Trinajstić information content (AvgIpc) is 2.63. The Balaban J connectivity index is 4.62. The maximum absolute atomic E-state index is 11.2. The quantitative estimate of drug-likeness (QED) is 0.169. The standard InChI is InChI=1S/C21H45NO5S/c1-4-7-10-13-22(14-11-8-5-2,15-12-21-28(23,24)25)16-18-27-20-19-26-17-9-6-3/h4-21H2,1-3H3/p+1. The number of ether oxygens (including phenoxy) is 2. The summed E-state index contributed by atoms with van der Waals surface area (Å²) >= 11 is 0. The predicted octanol–water partition coefficient (Wildman–Crippen LogP) is 4.29. The number of hydrogen-bond donors (Lipinski definition) is 1. The van der Waals surface area contributed by atoms with E-state index in [1.54, 1.807) is 0 Å². The lowest BCUT2D eigenvalue weighted by Crippen LogP contribution is -2.52. The van der Waals surface area contributed by atoms with E-state index in [-0.39, 0.29) is 5.75 Å². The third kappa shape index (κ3) is 16.7. The third-order valence-corrected chi connectivity index (χ3v) is 6.04. The number of rotatable bonds is 21. The SMILES string of the molecule is CCCCC[N+](CCCCC)(CCCS(=O)(=O)O)CCOCCOCCCC. The number of quaternary nitrogens is 1. The van der Waals surface area contributed by atoms with Crippen molar-refractivity contribution in [2.45, 2.75) is 78.6 Å². The molecule has 0 aromatic rings. The summed E-state index contributed by atoms with van der Waals surface area (Å²) in [7, 11) is -3.89. The van der Waals surface area contributed by atoms with Gasteiger partial charge in [-0.2, -0.15) is 8.42 Å². The molecule has 0 unspecified atom stereocenters. The Bertz CT molecular complexity index is 432. The van der Waals surface area contributed by atoms with Crippen molar-refractivity contribution in [3.05, 3.63) is 0 Å². The van der Waals surface area contributed by atoms with Gasteiger partial charge < -0.3 is 14.0 Å². The van der Waals surface area contributed by atoms with Crippen LogP contribution in [0.4, 0.5) is 0 Å². The highest BCUT2D eigenvalue weighted by molar-refractivity contribution is 7.85. The van der Waals surface area contributed by atoms with Crippen LogP contribution in [0.1, 0.15) is 78.6 Å². The molecule has 1 N–H and O–H groups in total. The summed E-state index contributed by atoms with van der Waals surface area (Å²) in [5.74, 6) is -0.152. The smallest absolute Gasteiger partial charge is 0.265 e. The van der Waals surface area contributed by atoms with Crippen molar-refractivity contribution in [1.29, 1.82) is 0 Å². The van der Waals surface area contributed by atoms with Gasteiger partial charge in [0, 0.05) is 13.0 Å². The molecule has 0 heterocycles. The van der Waals surface area contributed by atoms with Crippen LogP contribution in [0.15, 0.2) is 0 Å². The lowest BCUT2D eigenvalue weighted by Gasteiger charge is -2.39. The van der Waals surface area contributed by atoms with Gasteiger partial charge in [-0.1, -0.05) is 40.0 Å². The zero-order valence-corrected chi connectivity index (χ0v) is 19.5. The molecule has 0 saturated heterocycles. The lowest BCUT2D eigenvalue weighted by atomic mass is 10.1. The number of nitrogens with zero attached hydrogens (tertiary/aromatic N) is 1. The van der Waals surface area contributed by atoms with Gasteiger partial charge in [0.05, 0.1) is 45.2 Å². The molecule has 0 aliphatic heterocycles. The molecule has 0 aliphatic carbocycles. The summed E-state index contributed by atoms with van der Waals surface area (Å²) in [6, 6.07) is 0. The summed E-state index contributed by atoms with van der Waals surface area (Å²) in [6.07, 6.45) is 9.75. The molecule has 0 bridgehead atoms. The van der Waals surface area contributed by atoms with E-state index >= 15 is 0 Å². The fourth-order valence-electron chi connectivity index (χ4n) is 3.47. The summed E-state index contributed by atoms with van der Waals surface area (Å²) in [6.45, 7) is 13.0. The Morgan fingerprint density at radius 3 is 1.64 bits per heavy atom. The molecular formula is C21H46NO5S+. The van der Waals surface area contributed by atoms with E-state index in [0.29, 0.717) is 26.2 Å². The molecule has 170 valence electrons. The Kier molecular flexibility index (Phi) is 17.5. The van der Waals surface area contributed by atoms with Crippen molar-refractivity contribution in [1.82, 2.24) is 0 Å². The maximum atomic E-state index is 11.2. The molecule has 0 aromatic carbocycles. The minimum atomic E-state index is -3.89. The number of unbranched alkanes of at least 4 members (excludes halogenated alkanes) is 5. The van der Waals surface area contributed by atoms with Crippen LogP contribution in [0.25, 0.3) is 0 Å². The van der Waals surface area contributed by atoms with Crippen LogP contribution in [0.5, 0.6) is 0 Å². The van der Waals surface area contributed by atoms with E-state index < -0.39 is 10.1 Å². The molecule has 0 amide bonds. The largest absolute Gasteiger partial charge is 0.379 e. The Morgan fingerprint density at radius 1 is 0.643 bits per heavy atom. The van der Waals surface area contributed by atoms with Gasteiger partial charge in [-0.15, -0.1) is 0 Å². The van der Waals surface area contributed by atoms with E-state index in [1.165, 1.54) is 25.7 Å². The Morgan fingerprint density at radius 2 is 1.14 bits per heavy atom. The van der Waals surface area contributed by atoms with Gasteiger partial charge in [-0.3, -0.25) is 4.55 Å². The predicted molar refractivity (Wildman–Crippen MR) is 116 cm³/mol. The van der Waals surface area contributed by atoms with E-state index in [9.17, 15) is 8.42 Å². The fourth-order valence-corrected chi connectivity index (χ4v) is 3.97. The van der Waals surface area contributed by atoms with Gasteiger partial charge in [-0.25, -0.2) is 0 Å². The average molecular weight is 425 g/mol. The van der Waals surface area contributed by atoms with Crippen molar-refractivity contribution in [3.8, 4) is 0 Å². The highest BCUT2D eigenvalue weighted by atomic mass is 32.2. The second-order valence-electron chi connectivity index (χ2n) is 7.87. The molecule has 0 spiro atoms. The lowest BCUT2D eigenvalue weighted by molar-refractivity contribution is -0.929. The van der Waals surface area contributed by atoms with E-state index in [2.05, 4.69) is 20.8 Å². The van der Waals surface area contributed by atoms with Gasteiger partial charge in [-0.05, 0) is 32.1 Å². The molecule has 0 saturated carbocycles. The molecule has 0 fully saturated rings. The molecule has 0 atom stereocenters. The van der Waals surface area contributed by atoms with Crippen LogP contribution < -0.4 is 0 Å². The van der Waals surface area contributed by atoms with Gasteiger partial charge in [0.2, 0.25) is 0 Å². The molecule has 0 aromatic heterocycles. The second-order valence-corrected chi connectivity index (χ2v) is 9.44. The second kappa shape index (κ2) is 17.6. The highest BCUT2D eigenvalue weighted by Gasteiger charge is 2.26. The summed E-state index contributed by atoms with van der Waals surface area (Å²) < 4.78 is 43.7. The van der Waals surface area contributed by atoms with Gasteiger partial charge in [0.15, 0.2) is 0 Å². The summed E-state index contributed by atoms with van der Waals surface area (Å²) in [5, 5.41) is 0. The Hall–Kier alpha value is -0.210. The first kappa shape index (κ1) is 27.8. The van der Waals surface area contributed by atoms with Crippen LogP contribution in [0.3, 0.4) is 0 Å². The van der Waals surface area contributed by atoms with Gasteiger partial charge >= 0.3 is 0 Å². The first-order valence-corrected chi connectivity index (χ1v) is 13.0. The van der Waals surface area contributed by atoms with E-state index in [0.717, 1.165) is 63.0 Å². The minimum Gasteiger partial charge on any atom is -0.379 e. The molecular weight excluding hydrogens is 378 g/mol. The molecule has 0 rings (SSSR count). The fraction of sp³-hybridized carbons (Fsp3) is 1.00. The Labute approximate surface area is 174 Å².